The molecule has 0 radical (unpaired) electrons. The van der Waals surface area contributed by atoms with Gasteiger partial charge in [0.05, 0.1) is 12.5 Å². The largest absolute Gasteiger partial charge is 0.481 e. The number of carbonyl (C=O) groups is 2. The molecule has 0 bridgehead atoms. The fourth-order valence-corrected chi connectivity index (χ4v) is 1.60. The summed E-state index contributed by atoms with van der Waals surface area (Å²) in [5, 5.41) is 20.4. The number of aliphatic carboxylic acids is 1. The smallest absolute Gasteiger partial charge is 0.315 e. The fraction of sp³-hybridized carbons (Fsp3) is 0.636. The van der Waals surface area contributed by atoms with Crippen molar-refractivity contribution in [1.29, 1.82) is 0 Å². The minimum Gasteiger partial charge on any atom is -0.481 e. The first-order valence-corrected chi connectivity index (χ1v) is 6.07. The quantitative estimate of drug-likeness (QED) is 0.569. The average Bonchev–Trinajstić information content (AvgIpc) is 2.84. The van der Waals surface area contributed by atoms with Crippen LogP contribution in [0.15, 0.2) is 6.33 Å². The van der Waals surface area contributed by atoms with Gasteiger partial charge in [-0.15, -0.1) is 0 Å². The summed E-state index contributed by atoms with van der Waals surface area (Å²) >= 11 is 0. The third-order valence-corrected chi connectivity index (χ3v) is 2.50. The van der Waals surface area contributed by atoms with E-state index in [0.29, 0.717) is 12.2 Å². The van der Waals surface area contributed by atoms with Crippen LogP contribution in [0.4, 0.5) is 4.79 Å². The Balaban J connectivity index is 2.29. The first-order chi connectivity index (χ1) is 8.99. The van der Waals surface area contributed by atoms with Crippen LogP contribution in [0.1, 0.15) is 26.1 Å². The van der Waals surface area contributed by atoms with E-state index in [-0.39, 0.29) is 19.0 Å². The maximum absolute atomic E-state index is 11.5. The van der Waals surface area contributed by atoms with Gasteiger partial charge in [0.15, 0.2) is 0 Å². The molecule has 106 valence electrons. The summed E-state index contributed by atoms with van der Waals surface area (Å²) in [5.74, 6) is -0.674. The van der Waals surface area contributed by atoms with E-state index in [4.69, 9.17) is 5.11 Å². The van der Waals surface area contributed by atoms with Crippen LogP contribution >= 0.6 is 0 Å². The zero-order valence-corrected chi connectivity index (χ0v) is 11.0. The maximum atomic E-state index is 11.5. The highest BCUT2D eigenvalue weighted by molar-refractivity contribution is 5.75. The molecule has 8 nitrogen and oxygen atoms in total. The molecular weight excluding hydrogens is 250 g/mol. The zero-order valence-electron chi connectivity index (χ0n) is 11.0. The number of aromatic nitrogens is 3. The molecular formula is C11H19N5O3. The van der Waals surface area contributed by atoms with Crippen molar-refractivity contribution in [3.8, 4) is 0 Å². The van der Waals surface area contributed by atoms with Gasteiger partial charge in [0.2, 0.25) is 0 Å². The minimum absolute atomic E-state index is 0.107. The molecule has 8 heteroatoms. The summed E-state index contributed by atoms with van der Waals surface area (Å²) in [6.45, 7) is 4.21. The van der Waals surface area contributed by atoms with Crippen LogP contribution in [-0.2, 0) is 11.3 Å². The predicted molar refractivity (Wildman–Crippen MR) is 67.2 cm³/mol. The fourth-order valence-electron chi connectivity index (χ4n) is 1.60. The zero-order chi connectivity index (χ0) is 14.3. The molecule has 1 aromatic heterocycles. The SMILES string of the molecule is CC(C)CC(CNC(=O)NCc1ncn[nH]1)C(=O)O. The van der Waals surface area contributed by atoms with Gasteiger partial charge in [0.25, 0.3) is 0 Å². The van der Waals surface area contributed by atoms with Gasteiger partial charge in [-0.05, 0) is 12.3 Å². The van der Waals surface area contributed by atoms with Crippen molar-refractivity contribution < 1.29 is 14.7 Å². The molecule has 0 saturated heterocycles. The lowest BCUT2D eigenvalue weighted by Crippen LogP contribution is -2.40. The highest BCUT2D eigenvalue weighted by atomic mass is 16.4. The van der Waals surface area contributed by atoms with Gasteiger partial charge in [0.1, 0.15) is 12.2 Å². The summed E-state index contributed by atoms with van der Waals surface area (Å²) in [4.78, 5) is 26.3. The summed E-state index contributed by atoms with van der Waals surface area (Å²) < 4.78 is 0. The van der Waals surface area contributed by atoms with E-state index in [1.807, 2.05) is 13.8 Å². The molecule has 0 saturated carbocycles. The standard InChI is InChI=1S/C11H19N5O3/c1-7(2)3-8(10(17)18)4-12-11(19)13-5-9-14-6-15-16-9/h6-8H,3-5H2,1-2H3,(H,17,18)(H2,12,13,19)(H,14,15,16). The third-order valence-electron chi connectivity index (χ3n) is 2.50. The summed E-state index contributed by atoms with van der Waals surface area (Å²) in [6, 6.07) is -0.425. The Hall–Kier alpha value is -2.12. The number of H-pyrrole nitrogens is 1. The van der Waals surface area contributed by atoms with Crippen LogP contribution in [0, 0.1) is 11.8 Å². The highest BCUT2D eigenvalue weighted by Gasteiger charge is 2.19. The molecule has 0 aliphatic carbocycles. The van der Waals surface area contributed by atoms with Crippen LogP contribution < -0.4 is 10.6 Å². The normalized spacial score (nSPS) is 12.2. The van der Waals surface area contributed by atoms with E-state index >= 15 is 0 Å². The number of hydrogen-bond donors (Lipinski definition) is 4. The number of amides is 2. The van der Waals surface area contributed by atoms with E-state index in [0.717, 1.165) is 0 Å². The Labute approximate surface area is 111 Å². The predicted octanol–water partition coefficient (Wildman–Crippen LogP) is 0.351. The molecule has 0 spiro atoms. The number of nitrogens with one attached hydrogen (secondary N) is 3. The Morgan fingerprint density at radius 3 is 2.68 bits per heavy atom. The molecule has 0 fully saturated rings. The number of aromatic amines is 1. The number of carboxylic acids is 1. The molecule has 2 amide bonds. The number of carboxylic acid groups (broad SMARTS) is 1. The molecule has 1 rings (SSSR count). The summed E-state index contributed by atoms with van der Waals surface area (Å²) in [5.41, 5.74) is 0. The van der Waals surface area contributed by atoms with Crippen molar-refractivity contribution in [1.82, 2.24) is 25.8 Å². The average molecular weight is 269 g/mol. The second-order valence-electron chi connectivity index (χ2n) is 4.66. The van der Waals surface area contributed by atoms with E-state index < -0.39 is 17.9 Å². The number of urea groups is 1. The molecule has 4 N–H and O–H groups in total. The number of carbonyl (C=O) groups excluding carboxylic acids is 1. The molecule has 1 aromatic rings. The van der Waals surface area contributed by atoms with Crippen LogP contribution in [0.5, 0.6) is 0 Å². The van der Waals surface area contributed by atoms with Gasteiger partial charge in [-0.2, -0.15) is 5.10 Å². The van der Waals surface area contributed by atoms with Crippen LogP contribution in [-0.4, -0.2) is 38.8 Å². The molecule has 19 heavy (non-hydrogen) atoms. The van der Waals surface area contributed by atoms with E-state index in [2.05, 4.69) is 25.8 Å². The van der Waals surface area contributed by atoms with Crippen molar-refractivity contribution in [3.63, 3.8) is 0 Å². The van der Waals surface area contributed by atoms with Crippen molar-refractivity contribution in [3.05, 3.63) is 12.2 Å². The van der Waals surface area contributed by atoms with Gasteiger partial charge in [-0.1, -0.05) is 13.8 Å². The molecule has 0 aliphatic heterocycles. The van der Waals surface area contributed by atoms with Gasteiger partial charge in [-0.3, -0.25) is 9.89 Å². The van der Waals surface area contributed by atoms with Crippen molar-refractivity contribution in [2.24, 2.45) is 11.8 Å². The van der Waals surface area contributed by atoms with Gasteiger partial charge in [-0.25, -0.2) is 9.78 Å². The lowest BCUT2D eigenvalue weighted by molar-refractivity contribution is -0.142. The molecule has 1 heterocycles. The number of hydrogen-bond acceptors (Lipinski definition) is 4. The van der Waals surface area contributed by atoms with Gasteiger partial charge in [0, 0.05) is 6.54 Å². The maximum Gasteiger partial charge on any atom is 0.315 e. The monoisotopic (exact) mass is 269 g/mol. The second-order valence-corrected chi connectivity index (χ2v) is 4.66. The van der Waals surface area contributed by atoms with Gasteiger partial charge >= 0.3 is 12.0 Å². The Morgan fingerprint density at radius 1 is 1.42 bits per heavy atom. The lowest BCUT2D eigenvalue weighted by Gasteiger charge is -2.15. The van der Waals surface area contributed by atoms with Crippen molar-refractivity contribution in [2.75, 3.05) is 6.54 Å². The summed E-state index contributed by atoms with van der Waals surface area (Å²) in [6.07, 6.45) is 1.87. The van der Waals surface area contributed by atoms with Gasteiger partial charge < -0.3 is 15.7 Å². The van der Waals surface area contributed by atoms with Crippen LogP contribution in [0.25, 0.3) is 0 Å². The minimum atomic E-state index is -0.899. The Kier molecular flexibility index (Phi) is 5.77. The molecule has 1 unspecified atom stereocenters. The molecule has 0 aliphatic rings. The highest BCUT2D eigenvalue weighted by Crippen LogP contribution is 2.10. The second kappa shape index (κ2) is 7.34. The molecule has 1 atom stereocenters. The van der Waals surface area contributed by atoms with E-state index in [9.17, 15) is 9.59 Å². The first kappa shape index (κ1) is 14.9. The van der Waals surface area contributed by atoms with E-state index in [1.165, 1.54) is 6.33 Å². The Bertz CT molecular complexity index is 404. The topological polar surface area (TPSA) is 120 Å². The summed E-state index contributed by atoms with van der Waals surface area (Å²) in [7, 11) is 0. The van der Waals surface area contributed by atoms with E-state index in [1.54, 1.807) is 0 Å². The van der Waals surface area contributed by atoms with Crippen LogP contribution in [0.3, 0.4) is 0 Å². The van der Waals surface area contributed by atoms with Crippen molar-refractivity contribution in [2.45, 2.75) is 26.8 Å². The lowest BCUT2D eigenvalue weighted by atomic mass is 9.97. The van der Waals surface area contributed by atoms with Crippen molar-refractivity contribution >= 4 is 12.0 Å². The molecule has 0 aromatic carbocycles. The Morgan fingerprint density at radius 2 is 2.16 bits per heavy atom. The number of nitrogens with zero attached hydrogens (tertiary/aromatic N) is 2. The first-order valence-electron chi connectivity index (χ1n) is 6.07. The number of rotatable bonds is 7. The van der Waals surface area contributed by atoms with Crippen LogP contribution in [0.2, 0.25) is 0 Å². The third kappa shape index (κ3) is 5.84.